The van der Waals surface area contributed by atoms with Crippen LogP contribution >= 0.6 is 11.8 Å². The van der Waals surface area contributed by atoms with E-state index in [-0.39, 0.29) is 11.5 Å². The number of amidine groups is 1. The van der Waals surface area contributed by atoms with Gasteiger partial charge in [-0.3, -0.25) is 9.69 Å². The molecule has 0 aromatic heterocycles. The zero-order valence-electron chi connectivity index (χ0n) is 19.3. The molecule has 0 atom stereocenters. The van der Waals surface area contributed by atoms with Crippen LogP contribution in [0.25, 0.3) is 6.08 Å². The summed E-state index contributed by atoms with van der Waals surface area (Å²) in [7, 11) is 1.63. The van der Waals surface area contributed by atoms with E-state index < -0.39 is 5.97 Å². The smallest absolute Gasteiger partial charge is 0.335 e. The summed E-state index contributed by atoms with van der Waals surface area (Å²) in [6.07, 6.45) is 1.82. The molecule has 1 amide bonds. The molecule has 1 heterocycles. The lowest BCUT2D eigenvalue weighted by Gasteiger charge is -2.12. The van der Waals surface area contributed by atoms with Crippen molar-refractivity contribution in [2.24, 2.45) is 4.99 Å². The number of rotatable bonds is 8. The number of carbonyl (C=O) groups excluding carboxylic acids is 1. The van der Waals surface area contributed by atoms with Gasteiger partial charge < -0.3 is 14.6 Å². The fraction of sp³-hybridized carbons (Fsp3) is 0.148. The van der Waals surface area contributed by atoms with Crippen molar-refractivity contribution in [2.45, 2.75) is 13.5 Å². The molecule has 8 heteroatoms. The molecule has 0 saturated carbocycles. The quantitative estimate of drug-likeness (QED) is 0.416. The number of ether oxygens (including phenoxy) is 2. The average molecular weight is 489 g/mol. The minimum Gasteiger partial charge on any atom is -0.497 e. The summed E-state index contributed by atoms with van der Waals surface area (Å²) < 4.78 is 11.0. The first-order chi connectivity index (χ1) is 17.0. The molecule has 1 N–H and O–H groups in total. The molecule has 0 spiro atoms. The maximum Gasteiger partial charge on any atom is 0.335 e. The molecule has 3 aromatic carbocycles. The summed E-state index contributed by atoms with van der Waals surface area (Å²) in [6.45, 7) is 2.77. The molecule has 178 valence electrons. The molecular formula is C27H24N2O5S. The van der Waals surface area contributed by atoms with Gasteiger partial charge in [0, 0.05) is 6.54 Å². The van der Waals surface area contributed by atoms with Crippen molar-refractivity contribution >= 4 is 40.6 Å². The standard InChI is InChI=1S/C27H24N2O5S/c1-3-29-25(30)24(35-27(29)28-21-6-4-5-20(16-21)26(31)32)15-18-7-13-23(14-8-18)34-17-19-9-11-22(33-2)12-10-19/h4-16H,3,17H2,1-2H3,(H,31,32)/b24-15+,28-27?. The first-order valence-electron chi connectivity index (χ1n) is 11.0. The molecule has 0 unspecified atom stereocenters. The Kier molecular flexibility index (Phi) is 7.52. The molecule has 1 fully saturated rings. The van der Waals surface area contributed by atoms with Gasteiger partial charge in [0.15, 0.2) is 5.17 Å². The first-order valence-corrected chi connectivity index (χ1v) is 11.8. The number of methoxy groups -OCH3 is 1. The van der Waals surface area contributed by atoms with Crippen molar-refractivity contribution in [1.29, 1.82) is 0 Å². The van der Waals surface area contributed by atoms with Crippen LogP contribution in [0.3, 0.4) is 0 Å². The van der Waals surface area contributed by atoms with Crippen LogP contribution in [-0.4, -0.2) is 40.7 Å². The van der Waals surface area contributed by atoms with Gasteiger partial charge in [-0.05, 0) is 78.4 Å². The van der Waals surface area contributed by atoms with E-state index in [1.807, 2.05) is 61.5 Å². The van der Waals surface area contributed by atoms with Crippen LogP contribution in [0.15, 0.2) is 82.7 Å². The fourth-order valence-corrected chi connectivity index (χ4v) is 4.45. The highest BCUT2D eigenvalue weighted by atomic mass is 32.2. The van der Waals surface area contributed by atoms with E-state index >= 15 is 0 Å². The number of carboxylic acid groups (broad SMARTS) is 1. The number of aromatic carboxylic acids is 1. The van der Waals surface area contributed by atoms with Gasteiger partial charge in [0.05, 0.1) is 23.3 Å². The maximum absolute atomic E-state index is 12.9. The molecule has 1 aliphatic heterocycles. The number of benzene rings is 3. The average Bonchev–Trinajstić information content (AvgIpc) is 3.17. The van der Waals surface area contributed by atoms with Gasteiger partial charge in [-0.15, -0.1) is 0 Å². The van der Waals surface area contributed by atoms with Crippen LogP contribution in [0.2, 0.25) is 0 Å². The molecule has 0 radical (unpaired) electrons. The molecule has 0 bridgehead atoms. The second kappa shape index (κ2) is 10.9. The monoisotopic (exact) mass is 488 g/mol. The number of nitrogens with zero attached hydrogens (tertiary/aromatic N) is 2. The van der Waals surface area contributed by atoms with E-state index in [0.29, 0.717) is 28.9 Å². The van der Waals surface area contributed by atoms with Crippen LogP contribution in [0.4, 0.5) is 5.69 Å². The van der Waals surface area contributed by atoms with Crippen LogP contribution in [0, 0.1) is 0 Å². The predicted octanol–water partition coefficient (Wildman–Crippen LogP) is 5.60. The summed E-state index contributed by atoms with van der Waals surface area (Å²) in [5.74, 6) is 0.371. The Morgan fingerprint density at radius 1 is 1.06 bits per heavy atom. The summed E-state index contributed by atoms with van der Waals surface area (Å²) in [4.78, 5) is 30.8. The molecule has 0 aliphatic carbocycles. The van der Waals surface area contributed by atoms with Crippen LogP contribution in [-0.2, 0) is 11.4 Å². The lowest BCUT2D eigenvalue weighted by Crippen LogP contribution is -2.28. The number of hydrogen-bond donors (Lipinski definition) is 1. The Morgan fingerprint density at radius 2 is 1.77 bits per heavy atom. The fourth-order valence-electron chi connectivity index (χ4n) is 3.39. The molecular weight excluding hydrogens is 464 g/mol. The highest BCUT2D eigenvalue weighted by Gasteiger charge is 2.32. The first kappa shape index (κ1) is 24.1. The molecule has 1 saturated heterocycles. The number of likely N-dealkylation sites (N-methyl/N-ethyl adjacent to an activating group) is 1. The number of carbonyl (C=O) groups is 2. The summed E-state index contributed by atoms with van der Waals surface area (Å²) in [6, 6.07) is 21.6. The van der Waals surface area contributed by atoms with Gasteiger partial charge in [-0.2, -0.15) is 0 Å². The van der Waals surface area contributed by atoms with E-state index in [4.69, 9.17) is 9.47 Å². The van der Waals surface area contributed by atoms with E-state index in [1.165, 1.54) is 23.9 Å². The zero-order chi connectivity index (χ0) is 24.8. The second-order valence-electron chi connectivity index (χ2n) is 7.62. The Balaban J connectivity index is 1.46. The summed E-state index contributed by atoms with van der Waals surface area (Å²) in [5.41, 5.74) is 2.53. The second-order valence-corrected chi connectivity index (χ2v) is 8.62. The number of thioether (sulfide) groups is 1. The normalized spacial score (nSPS) is 15.6. The molecule has 4 rings (SSSR count). The van der Waals surface area contributed by atoms with Crippen molar-refractivity contribution in [3.63, 3.8) is 0 Å². The molecule has 7 nitrogen and oxygen atoms in total. The van der Waals surface area contributed by atoms with Crippen LogP contribution in [0.5, 0.6) is 11.5 Å². The van der Waals surface area contributed by atoms with Crippen molar-refractivity contribution < 1.29 is 24.2 Å². The van der Waals surface area contributed by atoms with E-state index in [1.54, 1.807) is 24.1 Å². The molecule has 3 aromatic rings. The lowest BCUT2D eigenvalue weighted by atomic mass is 10.2. The minimum absolute atomic E-state index is 0.134. The Morgan fingerprint density at radius 3 is 2.43 bits per heavy atom. The van der Waals surface area contributed by atoms with Gasteiger partial charge in [0.25, 0.3) is 5.91 Å². The third-order valence-corrected chi connectivity index (χ3v) is 6.27. The van der Waals surface area contributed by atoms with E-state index in [2.05, 4.69) is 4.99 Å². The van der Waals surface area contributed by atoms with Crippen LogP contribution in [0.1, 0.15) is 28.4 Å². The van der Waals surface area contributed by atoms with E-state index in [0.717, 1.165) is 22.6 Å². The number of carboxylic acids is 1. The minimum atomic E-state index is -1.02. The van der Waals surface area contributed by atoms with Gasteiger partial charge in [-0.25, -0.2) is 9.79 Å². The molecule has 35 heavy (non-hydrogen) atoms. The summed E-state index contributed by atoms with van der Waals surface area (Å²) >= 11 is 1.27. The highest BCUT2D eigenvalue weighted by molar-refractivity contribution is 8.18. The topological polar surface area (TPSA) is 88.4 Å². The third kappa shape index (κ3) is 5.91. The van der Waals surface area contributed by atoms with E-state index in [9.17, 15) is 14.7 Å². The maximum atomic E-state index is 12.9. The van der Waals surface area contributed by atoms with Crippen molar-refractivity contribution in [2.75, 3.05) is 13.7 Å². The number of amides is 1. The van der Waals surface area contributed by atoms with Gasteiger partial charge >= 0.3 is 5.97 Å². The van der Waals surface area contributed by atoms with Gasteiger partial charge in [-0.1, -0.05) is 30.3 Å². The largest absolute Gasteiger partial charge is 0.497 e. The summed E-state index contributed by atoms with van der Waals surface area (Å²) in [5, 5.41) is 9.73. The number of hydrogen-bond acceptors (Lipinski definition) is 6. The van der Waals surface area contributed by atoms with Crippen molar-refractivity contribution in [3.05, 3.63) is 94.4 Å². The SMILES string of the molecule is CCN1C(=O)/C(=C\c2ccc(OCc3ccc(OC)cc3)cc2)SC1=Nc1cccc(C(=O)O)c1. The Bertz CT molecular complexity index is 1280. The van der Waals surface area contributed by atoms with Gasteiger partial charge in [0.2, 0.25) is 0 Å². The zero-order valence-corrected chi connectivity index (χ0v) is 20.1. The van der Waals surface area contributed by atoms with Crippen molar-refractivity contribution in [1.82, 2.24) is 4.90 Å². The lowest BCUT2D eigenvalue weighted by molar-refractivity contribution is -0.122. The van der Waals surface area contributed by atoms with Crippen LogP contribution < -0.4 is 9.47 Å². The predicted molar refractivity (Wildman–Crippen MR) is 137 cm³/mol. The molecule has 1 aliphatic rings. The number of aliphatic imine (C=N–C) groups is 1. The highest BCUT2D eigenvalue weighted by Crippen LogP contribution is 2.34. The Labute approximate surface area is 207 Å². The Hall–Kier alpha value is -4.04. The third-order valence-electron chi connectivity index (χ3n) is 5.26. The van der Waals surface area contributed by atoms with Gasteiger partial charge in [0.1, 0.15) is 18.1 Å². The van der Waals surface area contributed by atoms with Crippen molar-refractivity contribution in [3.8, 4) is 11.5 Å².